The van der Waals surface area contributed by atoms with E-state index in [9.17, 15) is 9.59 Å². The monoisotopic (exact) mass is 266 g/mol. The molecule has 1 heterocycles. The number of halogens is 1. The van der Waals surface area contributed by atoms with Crippen LogP contribution < -0.4 is 10.6 Å². The molecular weight excluding hydrogens is 248 g/mol. The predicted octanol–water partition coefficient (Wildman–Crippen LogP) is -0.534. The second kappa shape index (κ2) is 9.21. The summed E-state index contributed by atoms with van der Waals surface area (Å²) in [4.78, 5) is 22.2. The first-order valence-corrected chi connectivity index (χ1v) is 5.37. The van der Waals surface area contributed by atoms with Crippen LogP contribution in [-0.2, 0) is 19.1 Å². The van der Waals surface area contributed by atoms with E-state index in [4.69, 9.17) is 4.74 Å². The molecule has 17 heavy (non-hydrogen) atoms. The van der Waals surface area contributed by atoms with Gasteiger partial charge in [0.25, 0.3) is 0 Å². The van der Waals surface area contributed by atoms with Crippen molar-refractivity contribution in [2.24, 2.45) is 0 Å². The van der Waals surface area contributed by atoms with Gasteiger partial charge in [0.2, 0.25) is 5.91 Å². The third-order valence-corrected chi connectivity index (χ3v) is 2.31. The van der Waals surface area contributed by atoms with Crippen molar-refractivity contribution in [2.45, 2.75) is 18.9 Å². The molecule has 1 atom stereocenters. The smallest absolute Gasteiger partial charge is 0.307 e. The Kier molecular flexibility index (Phi) is 8.75. The van der Waals surface area contributed by atoms with Gasteiger partial charge < -0.3 is 20.1 Å². The minimum atomic E-state index is -0.320. The van der Waals surface area contributed by atoms with Crippen LogP contribution in [-0.4, -0.2) is 51.3 Å². The Hall–Kier alpha value is -0.850. The number of esters is 1. The predicted molar refractivity (Wildman–Crippen MR) is 64.1 cm³/mol. The van der Waals surface area contributed by atoms with Crippen molar-refractivity contribution in [3.8, 4) is 0 Å². The molecule has 0 saturated carbocycles. The van der Waals surface area contributed by atoms with Gasteiger partial charge in [-0.05, 0) is 0 Å². The molecule has 1 saturated heterocycles. The number of morpholine rings is 1. The number of hydrogen-bond donors (Lipinski definition) is 2. The first-order valence-electron chi connectivity index (χ1n) is 5.37. The zero-order valence-corrected chi connectivity index (χ0v) is 10.7. The van der Waals surface area contributed by atoms with E-state index >= 15 is 0 Å². The van der Waals surface area contributed by atoms with Gasteiger partial charge in [-0.2, -0.15) is 0 Å². The summed E-state index contributed by atoms with van der Waals surface area (Å²) < 4.78 is 9.69. The lowest BCUT2D eigenvalue weighted by molar-refractivity contribution is -0.140. The molecule has 1 unspecified atom stereocenters. The molecule has 0 aromatic heterocycles. The van der Waals surface area contributed by atoms with Gasteiger partial charge >= 0.3 is 5.97 Å². The van der Waals surface area contributed by atoms with Gasteiger partial charge in [0.05, 0.1) is 26.7 Å². The highest BCUT2D eigenvalue weighted by molar-refractivity contribution is 5.85. The second-order valence-electron chi connectivity index (χ2n) is 3.61. The van der Waals surface area contributed by atoms with E-state index in [-0.39, 0.29) is 36.7 Å². The summed E-state index contributed by atoms with van der Waals surface area (Å²) in [6.07, 6.45) is 0.581. The van der Waals surface area contributed by atoms with Crippen LogP contribution in [0.5, 0.6) is 0 Å². The lowest BCUT2D eigenvalue weighted by Crippen LogP contribution is -2.44. The van der Waals surface area contributed by atoms with Gasteiger partial charge in [0.15, 0.2) is 0 Å². The van der Waals surface area contributed by atoms with Crippen molar-refractivity contribution >= 4 is 24.3 Å². The van der Waals surface area contributed by atoms with Gasteiger partial charge in [-0.3, -0.25) is 9.59 Å². The average Bonchev–Trinajstić information content (AvgIpc) is 2.30. The second-order valence-corrected chi connectivity index (χ2v) is 3.61. The maximum absolute atomic E-state index is 11.4. The zero-order chi connectivity index (χ0) is 11.8. The molecule has 1 aliphatic heterocycles. The summed E-state index contributed by atoms with van der Waals surface area (Å²) in [5.41, 5.74) is 0. The number of hydrogen-bond acceptors (Lipinski definition) is 5. The van der Waals surface area contributed by atoms with E-state index in [0.717, 1.165) is 6.54 Å². The number of ether oxygens (including phenoxy) is 2. The molecule has 6 nitrogen and oxygen atoms in total. The Bertz CT molecular complexity index is 244. The third kappa shape index (κ3) is 7.14. The lowest BCUT2D eigenvalue weighted by Gasteiger charge is -2.23. The fourth-order valence-electron chi connectivity index (χ4n) is 1.45. The minimum absolute atomic E-state index is 0. The van der Waals surface area contributed by atoms with Crippen molar-refractivity contribution in [1.82, 2.24) is 10.6 Å². The van der Waals surface area contributed by atoms with Crippen LogP contribution in [0.3, 0.4) is 0 Å². The van der Waals surface area contributed by atoms with Gasteiger partial charge in [-0.1, -0.05) is 0 Å². The van der Waals surface area contributed by atoms with E-state index < -0.39 is 0 Å². The molecule has 1 amide bonds. The molecule has 7 heteroatoms. The normalized spacial score (nSPS) is 19.0. The molecule has 0 bridgehead atoms. The Labute approximate surface area is 107 Å². The van der Waals surface area contributed by atoms with Crippen molar-refractivity contribution in [3.05, 3.63) is 0 Å². The number of rotatable bonds is 5. The van der Waals surface area contributed by atoms with Crippen LogP contribution in [0.1, 0.15) is 12.8 Å². The van der Waals surface area contributed by atoms with E-state index in [1.807, 2.05) is 0 Å². The molecule has 1 aliphatic rings. The molecule has 1 rings (SSSR count). The fourth-order valence-corrected chi connectivity index (χ4v) is 1.45. The quantitative estimate of drug-likeness (QED) is 0.654. The highest BCUT2D eigenvalue weighted by Gasteiger charge is 2.16. The highest BCUT2D eigenvalue weighted by Crippen LogP contribution is 1.98. The Balaban J connectivity index is 0.00000256. The van der Waals surface area contributed by atoms with Crippen molar-refractivity contribution in [2.75, 3.05) is 33.4 Å². The third-order valence-electron chi connectivity index (χ3n) is 2.31. The summed E-state index contributed by atoms with van der Waals surface area (Å²) in [6.45, 7) is 2.35. The summed E-state index contributed by atoms with van der Waals surface area (Å²) >= 11 is 0. The van der Waals surface area contributed by atoms with Crippen molar-refractivity contribution < 1.29 is 19.1 Å². The molecule has 0 spiro atoms. The van der Waals surface area contributed by atoms with Crippen LogP contribution in [0.25, 0.3) is 0 Å². The highest BCUT2D eigenvalue weighted by atomic mass is 35.5. The number of carbonyl (C=O) groups excluding carboxylic acids is 2. The zero-order valence-electron chi connectivity index (χ0n) is 9.86. The summed E-state index contributed by atoms with van der Waals surface area (Å²) in [7, 11) is 1.33. The summed E-state index contributed by atoms with van der Waals surface area (Å²) in [6, 6.07) is 0.0758. The van der Waals surface area contributed by atoms with E-state index in [2.05, 4.69) is 15.4 Å². The summed E-state index contributed by atoms with van der Waals surface area (Å²) in [5, 5.41) is 5.84. The van der Waals surface area contributed by atoms with E-state index in [1.54, 1.807) is 0 Å². The van der Waals surface area contributed by atoms with Crippen LogP contribution in [0.2, 0.25) is 0 Å². The van der Waals surface area contributed by atoms with Crippen LogP contribution in [0, 0.1) is 0 Å². The molecular formula is C10H19ClN2O4. The van der Waals surface area contributed by atoms with Crippen LogP contribution in [0.4, 0.5) is 0 Å². The van der Waals surface area contributed by atoms with Crippen LogP contribution in [0.15, 0.2) is 0 Å². The topological polar surface area (TPSA) is 76.7 Å². The average molecular weight is 267 g/mol. The molecule has 1 fully saturated rings. The maximum atomic E-state index is 11.4. The van der Waals surface area contributed by atoms with Crippen molar-refractivity contribution in [3.63, 3.8) is 0 Å². The number of methoxy groups -OCH3 is 1. The Morgan fingerprint density at radius 3 is 2.88 bits per heavy atom. The van der Waals surface area contributed by atoms with Gasteiger partial charge in [-0.25, -0.2) is 0 Å². The largest absolute Gasteiger partial charge is 0.469 e. The number of amides is 1. The van der Waals surface area contributed by atoms with E-state index in [1.165, 1.54) is 7.11 Å². The van der Waals surface area contributed by atoms with Crippen LogP contribution >= 0.6 is 12.4 Å². The molecule has 0 aromatic rings. The minimum Gasteiger partial charge on any atom is -0.469 e. The first-order chi connectivity index (χ1) is 7.72. The number of nitrogens with one attached hydrogen (secondary N) is 2. The summed E-state index contributed by atoms with van der Waals surface area (Å²) in [5.74, 6) is -0.397. The van der Waals surface area contributed by atoms with Crippen molar-refractivity contribution in [1.29, 1.82) is 0 Å². The SMILES string of the molecule is COC(=O)CCNC(=O)CC1COCCN1.Cl. The Morgan fingerprint density at radius 2 is 2.29 bits per heavy atom. The Morgan fingerprint density at radius 1 is 1.53 bits per heavy atom. The molecule has 0 radical (unpaired) electrons. The van der Waals surface area contributed by atoms with Gasteiger partial charge in [0, 0.05) is 25.6 Å². The maximum Gasteiger partial charge on any atom is 0.307 e. The first kappa shape index (κ1) is 16.1. The van der Waals surface area contributed by atoms with E-state index in [0.29, 0.717) is 26.2 Å². The lowest BCUT2D eigenvalue weighted by atomic mass is 10.2. The molecule has 2 N–H and O–H groups in total. The fraction of sp³-hybridized carbons (Fsp3) is 0.800. The molecule has 0 aromatic carbocycles. The standard InChI is InChI=1S/C10H18N2O4.ClH/c1-15-10(14)2-3-12-9(13)6-8-7-16-5-4-11-8;/h8,11H,2-7H2,1H3,(H,12,13);1H. The van der Waals surface area contributed by atoms with Gasteiger partial charge in [0.1, 0.15) is 0 Å². The van der Waals surface area contributed by atoms with Gasteiger partial charge in [-0.15, -0.1) is 12.4 Å². The number of carbonyl (C=O) groups is 2. The molecule has 0 aliphatic carbocycles. The molecule has 100 valence electrons.